The van der Waals surface area contributed by atoms with Crippen LogP contribution in [0.1, 0.15) is 19.3 Å². The van der Waals surface area contributed by atoms with E-state index in [0.717, 1.165) is 0 Å². The highest BCUT2D eigenvalue weighted by atomic mass is 35.5. The number of aromatic nitrogens is 1. The number of nitrogens with zero attached hydrogens (tertiary/aromatic N) is 2. The molecule has 6 nitrogen and oxygen atoms in total. The van der Waals surface area contributed by atoms with E-state index in [4.69, 9.17) is 26.3 Å². The SMILES string of the molecule is N#CCCCOc1cccnc1NC(=O)CCOc1ccc(Cl)cc1. The van der Waals surface area contributed by atoms with E-state index in [2.05, 4.69) is 16.4 Å². The number of carbonyl (C=O) groups excluding carboxylic acids is 1. The molecule has 0 atom stereocenters. The quantitative estimate of drug-likeness (QED) is 0.688. The van der Waals surface area contributed by atoms with Crippen LogP contribution in [0, 0.1) is 11.3 Å². The zero-order valence-corrected chi connectivity index (χ0v) is 14.3. The molecule has 7 heteroatoms. The summed E-state index contributed by atoms with van der Waals surface area (Å²) >= 11 is 5.80. The van der Waals surface area contributed by atoms with Crippen molar-refractivity contribution in [2.45, 2.75) is 19.3 Å². The molecular weight excluding hydrogens is 342 g/mol. The summed E-state index contributed by atoms with van der Waals surface area (Å²) in [5, 5.41) is 11.9. The summed E-state index contributed by atoms with van der Waals surface area (Å²) in [6.45, 7) is 0.625. The Hall–Kier alpha value is -2.78. The third-order valence-corrected chi connectivity index (χ3v) is 3.38. The molecule has 1 aromatic carbocycles. The van der Waals surface area contributed by atoms with Gasteiger partial charge in [0.25, 0.3) is 0 Å². The van der Waals surface area contributed by atoms with Crippen molar-refractivity contribution in [2.24, 2.45) is 0 Å². The average Bonchev–Trinajstić information content (AvgIpc) is 2.62. The van der Waals surface area contributed by atoms with Crippen molar-refractivity contribution in [1.29, 1.82) is 5.26 Å². The van der Waals surface area contributed by atoms with E-state index in [9.17, 15) is 4.79 Å². The van der Waals surface area contributed by atoms with Crippen molar-refractivity contribution in [3.63, 3.8) is 0 Å². The van der Waals surface area contributed by atoms with Crippen molar-refractivity contribution in [1.82, 2.24) is 4.98 Å². The normalized spacial score (nSPS) is 9.92. The van der Waals surface area contributed by atoms with Gasteiger partial charge in [-0.2, -0.15) is 5.26 Å². The second-order valence-electron chi connectivity index (χ2n) is 5.06. The monoisotopic (exact) mass is 359 g/mol. The fourth-order valence-corrected chi connectivity index (χ4v) is 2.05. The first kappa shape index (κ1) is 18.6. The van der Waals surface area contributed by atoms with Crippen molar-refractivity contribution >= 4 is 23.3 Å². The maximum Gasteiger partial charge on any atom is 0.229 e. The van der Waals surface area contributed by atoms with Gasteiger partial charge in [0.1, 0.15) is 5.75 Å². The molecule has 0 radical (unpaired) electrons. The number of benzene rings is 1. The van der Waals surface area contributed by atoms with Gasteiger partial charge in [-0.25, -0.2) is 4.98 Å². The molecule has 0 saturated heterocycles. The molecule has 0 aliphatic heterocycles. The number of hydrogen-bond acceptors (Lipinski definition) is 5. The number of ether oxygens (including phenoxy) is 2. The summed E-state index contributed by atoms with van der Waals surface area (Å²) in [4.78, 5) is 16.2. The Kier molecular flexibility index (Phi) is 7.54. The number of carbonyl (C=O) groups is 1. The van der Waals surface area contributed by atoms with Crippen LogP contribution in [0.3, 0.4) is 0 Å². The minimum atomic E-state index is -0.227. The van der Waals surface area contributed by atoms with E-state index < -0.39 is 0 Å². The Morgan fingerprint density at radius 2 is 2.00 bits per heavy atom. The predicted octanol–water partition coefficient (Wildman–Crippen LogP) is 3.83. The van der Waals surface area contributed by atoms with E-state index in [1.54, 1.807) is 42.6 Å². The first-order valence-corrected chi connectivity index (χ1v) is 8.20. The number of nitriles is 1. The number of hydrogen-bond donors (Lipinski definition) is 1. The number of rotatable bonds is 9. The van der Waals surface area contributed by atoms with E-state index in [1.165, 1.54) is 0 Å². The molecule has 130 valence electrons. The van der Waals surface area contributed by atoms with Gasteiger partial charge in [0.05, 0.1) is 25.7 Å². The van der Waals surface area contributed by atoms with E-state index in [-0.39, 0.29) is 18.9 Å². The minimum absolute atomic E-state index is 0.174. The van der Waals surface area contributed by atoms with Crippen molar-refractivity contribution < 1.29 is 14.3 Å². The highest BCUT2D eigenvalue weighted by Gasteiger charge is 2.09. The molecule has 0 aliphatic rings. The fourth-order valence-electron chi connectivity index (χ4n) is 1.92. The van der Waals surface area contributed by atoms with Crippen LogP contribution < -0.4 is 14.8 Å². The number of unbranched alkanes of at least 4 members (excludes halogenated alkanes) is 1. The van der Waals surface area contributed by atoms with Gasteiger partial charge in [-0.1, -0.05) is 11.6 Å². The molecule has 0 fully saturated rings. The summed E-state index contributed by atoms with van der Waals surface area (Å²) in [7, 11) is 0. The first-order valence-electron chi connectivity index (χ1n) is 7.82. The molecule has 1 heterocycles. The molecule has 0 spiro atoms. The summed E-state index contributed by atoms with van der Waals surface area (Å²) in [5.74, 6) is 1.26. The molecule has 2 aromatic rings. The van der Waals surface area contributed by atoms with E-state index >= 15 is 0 Å². The van der Waals surface area contributed by atoms with Gasteiger partial charge in [-0.3, -0.25) is 4.79 Å². The third kappa shape index (κ3) is 6.69. The molecule has 0 bridgehead atoms. The third-order valence-electron chi connectivity index (χ3n) is 3.13. The standard InChI is InChI=1S/C18H18ClN3O3/c19-14-5-7-15(8-6-14)24-13-9-17(23)22-18-16(4-3-11-21-18)25-12-2-1-10-20/h3-8,11H,1-2,9,12-13H2,(H,21,22,23). The van der Waals surface area contributed by atoms with Crippen LogP contribution in [0.5, 0.6) is 11.5 Å². The molecular formula is C18H18ClN3O3. The minimum Gasteiger partial charge on any atom is -0.493 e. The zero-order chi connectivity index (χ0) is 17.9. The summed E-state index contributed by atoms with van der Waals surface area (Å²) in [6, 6.07) is 12.4. The van der Waals surface area contributed by atoms with Crippen LogP contribution in [-0.4, -0.2) is 24.1 Å². The van der Waals surface area contributed by atoms with Gasteiger partial charge >= 0.3 is 0 Å². The van der Waals surface area contributed by atoms with Gasteiger partial charge < -0.3 is 14.8 Å². The second-order valence-corrected chi connectivity index (χ2v) is 5.50. The van der Waals surface area contributed by atoms with Crippen LogP contribution in [0.25, 0.3) is 0 Å². The number of nitrogens with one attached hydrogen (secondary N) is 1. The topological polar surface area (TPSA) is 84.2 Å². The Morgan fingerprint density at radius 3 is 2.76 bits per heavy atom. The number of anilines is 1. The highest BCUT2D eigenvalue weighted by Crippen LogP contribution is 2.21. The van der Waals surface area contributed by atoms with E-state index in [0.29, 0.717) is 41.8 Å². The molecule has 0 unspecified atom stereocenters. The Balaban J connectivity index is 1.79. The van der Waals surface area contributed by atoms with Gasteiger partial charge in [0, 0.05) is 17.6 Å². The largest absolute Gasteiger partial charge is 0.493 e. The maximum atomic E-state index is 12.0. The van der Waals surface area contributed by atoms with Crippen molar-refractivity contribution in [3.05, 3.63) is 47.6 Å². The molecule has 1 amide bonds. The highest BCUT2D eigenvalue weighted by molar-refractivity contribution is 6.30. The van der Waals surface area contributed by atoms with Gasteiger partial charge in [-0.15, -0.1) is 0 Å². The molecule has 25 heavy (non-hydrogen) atoms. The molecule has 1 aromatic heterocycles. The maximum absolute atomic E-state index is 12.0. The van der Waals surface area contributed by atoms with Crippen molar-refractivity contribution in [2.75, 3.05) is 18.5 Å². The summed E-state index contributed by atoms with van der Waals surface area (Å²) in [6.07, 6.45) is 2.78. The average molecular weight is 360 g/mol. The van der Waals surface area contributed by atoms with E-state index in [1.807, 2.05) is 0 Å². The number of pyridine rings is 1. The van der Waals surface area contributed by atoms with Crippen LogP contribution in [0.4, 0.5) is 5.82 Å². The van der Waals surface area contributed by atoms with Crippen LogP contribution >= 0.6 is 11.6 Å². The zero-order valence-electron chi connectivity index (χ0n) is 13.6. The first-order chi connectivity index (χ1) is 12.2. The Bertz CT molecular complexity index is 729. The molecule has 0 aliphatic carbocycles. The lowest BCUT2D eigenvalue weighted by atomic mass is 10.3. The van der Waals surface area contributed by atoms with Gasteiger partial charge in [-0.05, 0) is 42.8 Å². The van der Waals surface area contributed by atoms with Crippen LogP contribution in [0.15, 0.2) is 42.6 Å². The van der Waals surface area contributed by atoms with Gasteiger partial charge in [0.2, 0.25) is 5.91 Å². The number of halogens is 1. The molecule has 1 N–H and O–H groups in total. The van der Waals surface area contributed by atoms with Gasteiger partial charge in [0.15, 0.2) is 11.6 Å². The smallest absolute Gasteiger partial charge is 0.229 e. The molecule has 2 rings (SSSR count). The predicted molar refractivity (Wildman–Crippen MR) is 94.8 cm³/mol. The lowest BCUT2D eigenvalue weighted by Crippen LogP contribution is -2.16. The summed E-state index contributed by atoms with van der Waals surface area (Å²) < 4.78 is 11.0. The van der Waals surface area contributed by atoms with Crippen molar-refractivity contribution in [3.8, 4) is 17.6 Å². The number of amides is 1. The Morgan fingerprint density at radius 1 is 1.20 bits per heavy atom. The lowest BCUT2D eigenvalue weighted by molar-refractivity contribution is -0.116. The van der Waals surface area contributed by atoms with Crippen LogP contribution in [-0.2, 0) is 4.79 Å². The fraction of sp³-hybridized carbons (Fsp3) is 0.278. The second kappa shape index (κ2) is 10.2. The summed E-state index contributed by atoms with van der Waals surface area (Å²) in [5.41, 5.74) is 0. The van der Waals surface area contributed by atoms with Crippen LogP contribution in [0.2, 0.25) is 5.02 Å². The Labute approximate surface area is 151 Å². The lowest BCUT2D eigenvalue weighted by Gasteiger charge is -2.11. The molecule has 0 saturated carbocycles.